The van der Waals surface area contributed by atoms with Gasteiger partial charge in [0.15, 0.2) is 0 Å². The molecule has 2 fully saturated rings. The molecule has 2 aliphatic rings. The lowest BCUT2D eigenvalue weighted by molar-refractivity contribution is 0.130. The summed E-state index contributed by atoms with van der Waals surface area (Å²) in [7, 11) is 0. The number of nitrogens with one attached hydrogen (secondary N) is 1. The second-order valence-corrected chi connectivity index (χ2v) is 5.57. The molecule has 1 heterocycles. The molecule has 0 radical (unpaired) electrons. The van der Waals surface area contributed by atoms with E-state index in [2.05, 4.69) is 24.1 Å². The Morgan fingerprint density at radius 3 is 2.36 bits per heavy atom. The van der Waals surface area contributed by atoms with Gasteiger partial charge in [0.25, 0.3) is 0 Å². The molecule has 82 valence electrons. The molecular formula is C11H23N3. The van der Waals surface area contributed by atoms with Gasteiger partial charge in [-0.25, -0.2) is 0 Å². The first-order valence-electron chi connectivity index (χ1n) is 5.76. The van der Waals surface area contributed by atoms with Crippen LogP contribution in [0, 0.1) is 5.41 Å². The Kier molecular flexibility index (Phi) is 2.58. The second kappa shape index (κ2) is 3.47. The third-order valence-electron chi connectivity index (χ3n) is 3.97. The van der Waals surface area contributed by atoms with Crippen LogP contribution in [-0.4, -0.2) is 43.2 Å². The van der Waals surface area contributed by atoms with Crippen LogP contribution in [0.2, 0.25) is 0 Å². The summed E-state index contributed by atoms with van der Waals surface area (Å²) in [6.45, 7) is 10.4. The molecule has 1 saturated carbocycles. The predicted octanol–water partition coefficient (Wildman–Crippen LogP) is 0.409. The zero-order valence-corrected chi connectivity index (χ0v) is 9.47. The Morgan fingerprint density at radius 2 is 1.86 bits per heavy atom. The van der Waals surface area contributed by atoms with Crippen LogP contribution in [0.3, 0.4) is 0 Å². The maximum atomic E-state index is 6.30. The summed E-state index contributed by atoms with van der Waals surface area (Å²) in [5.74, 6) is 0. The molecule has 2 rings (SSSR count). The monoisotopic (exact) mass is 197 g/mol. The van der Waals surface area contributed by atoms with Crippen molar-refractivity contribution in [2.24, 2.45) is 11.1 Å². The highest BCUT2D eigenvalue weighted by molar-refractivity contribution is 5.09. The van der Waals surface area contributed by atoms with Crippen LogP contribution in [0.25, 0.3) is 0 Å². The lowest BCUT2D eigenvalue weighted by atomic mass is 9.81. The van der Waals surface area contributed by atoms with E-state index in [0.717, 1.165) is 19.6 Å². The van der Waals surface area contributed by atoms with E-state index in [1.54, 1.807) is 0 Å². The molecule has 1 saturated heterocycles. The molecule has 0 unspecified atom stereocenters. The lowest BCUT2D eigenvalue weighted by Crippen LogP contribution is -2.52. The third-order valence-corrected chi connectivity index (χ3v) is 3.97. The van der Waals surface area contributed by atoms with Crippen molar-refractivity contribution in [3.05, 3.63) is 0 Å². The van der Waals surface area contributed by atoms with E-state index in [9.17, 15) is 0 Å². The average molecular weight is 197 g/mol. The molecule has 0 aromatic carbocycles. The Balaban J connectivity index is 1.88. The van der Waals surface area contributed by atoms with Gasteiger partial charge in [-0.2, -0.15) is 0 Å². The first-order valence-corrected chi connectivity index (χ1v) is 5.76. The predicted molar refractivity (Wildman–Crippen MR) is 59.2 cm³/mol. The summed E-state index contributed by atoms with van der Waals surface area (Å²) in [5, 5.41) is 3.38. The largest absolute Gasteiger partial charge is 0.325 e. The van der Waals surface area contributed by atoms with Gasteiger partial charge in [-0.3, -0.25) is 0 Å². The van der Waals surface area contributed by atoms with Crippen molar-refractivity contribution in [2.45, 2.75) is 32.2 Å². The van der Waals surface area contributed by atoms with Gasteiger partial charge in [0, 0.05) is 38.3 Å². The van der Waals surface area contributed by atoms with E-state index in [1.165, 1.54) is 25.9 Å². The minimum atomic E-state index is 0.137. The number of hydrogen-bond acceptors (Lipinski definition) is 3. The van der Waals surface area contributed by atoms with Gasteiger partial charge in [-0.05, 0) is 18.3 Å². The highest BCUT2D eigenvalue weighted by Crippen LogP contribution is 2.47. The topological polar surface area (TPSA) is 41.3 Å². The Bertz CT molecular complexity index is 203. The molecule has 0 aromatic rings. The van der Waals surface area contributed by atoms with Crippen molar-refractivity contribution in [3.63, 3.8) is 0 Å². The zero-order chi connectivity index (χ0) is 10.2. The highest BCUT2D eigenvalue weighted by Gasteiger charge is 2.51. The van der Waals surface area contributed by atoms with Crippen molar-refractivity contribution in [2.75, 3.05) is 32.7 Å². The van der Waals surface area contributed by atoms with Gasteiger partial charge in [-0.15, -0.1) is 0 Å². The van der Waals surface area contributed by atoms with Crippen LogP contribution in [0.15, 0.2) is 0 Å². The fourth-order valence-electron chi connectivity index (χ4n) is 2.40. The number of nitrogens with zero attached hydrogens (tertiary/aromatic N) is 1. The molecule has 0 atom stereocenters. The Morgan fingerprint density at radius 1 is 1.29 bits per heavy atom. The van der Waals surface area contributed by atoms with Crippen LogP contribution >= 0.6 is 0 Å². The van der Waals surface area contributed by atoms with Crippen molar-refractivity contribution in [3.8, 4) is 0 Å². The van der Waals surface area contributed by atoms with Gasteiger partial charge < -0.3 is 16.0 Å². The molecule has 14 heavy (non-hydrogen) atoms. The van der Waals surface area contributed by atoms with Crippen molar-refractivity contribution in [1.82, 2.24) is 10.2 Å². The van der Waals surface area contributed by atoms with E-state index in [4.69, 9.17) is 5.73 Å². The van der Waals surface area contributed by atoms with Gasteiger partial charge in [0.05, 0.1) is 0 Å². The maximum absolute atomic E-state index is 6.30. The van der Waals surface area contributed by atoms with E-state index >= 15 is 0 Å². The summed E-state index contributed by atoms with van der Waals surface area (Å²) in [6, 6.07) is 0. The van der Waals surface area contributed by atoms with Crippen LogP contribution in [0.1, 0.15) is 26.7 Å². The summed E-state index contributed by atoms with van der Waals surface area (Å²) in [4.78, 5) is 2.55. The van der Waals surface area contributed by atoms with E-state index in [1.807, 2.05) is 0 Å². The summed E-state index contributed by atoms with van der Waals surface area (Å²) in [6.07, 6.45) is 2.43. The SMILES string of the molecule is CC(C)(CN1CCNCC1)C1(N)CC1. The van der Waals surface area contributed by atoms with E-state index < -0.39 is 0 Å². The third kappa shape index (κ3) is 1.95. The minimum Gasteiger partial charge on any atom is -0.325 e. The molecule has 1 aliphatic heterocycles. The zero-order valence-electron chi connectivity index (χ0n) is 9.47. The Labute approximate surface area is 87.0 Å². The summed E-state index contributed by atoms with van der Waals surface area (Å²) >= 11 is 0. The van der Waals surface area contributed by atoms with Gasteiger partial charge in [-0.1, -0.05) is 13.8 Å². The maximum Gasteiger partial charge on any atom is 0.0219 e. The molecule has 0 spiro atoms. The standard InChI is InChI=1S/C11H23N3/c1-10(2,11(12)3-4-11)9-14-7-5-13-6-8-14/h13H,3-9,12H2,1-2H3. The number of hydrogen-bond donors (Lipinski definition) is 2. The summed E-state index contributed by atoms with van der Waals surface area (Å²) < 4.78 is 0. The van der Waals surface area contributed by atoms with E-state index in [0.29, 0.717) is 0 Å². The van der Waals surface area contributed by atoms with Crippen molar-refractivity contribution >= 4 is 0 Å². The molecule has 3 N–H and O–H groups in total. The molecule has 3 heteroatoms. The second-order valence-electron chi connectivity index (χ2n) is 5.57. The lowest BCUT2D eigenvalue weighted by Gasteiger charge is -2.39. The molecule has 3 nitrogen and oxygen atoms in total. The van der Waals surface area contributed by atoms with Crippen LogP contribution in [0.5, 0.6) is 0 Å². The molecular weight excluding hydrogens is 174 g/mol. The number of rotatable bonds is 3. The smallest absolute Gasteiger partial charge is 0.0219 e. The molecule has 0 aromatic heterocycles. The molecule has 1 aliphatic carbocycles. The highest BCUT2D eigenvalue weighted by atomic mass is 15.2. The quantitative estimate of drug-likeness (QED) is 0.688. The van der Waals surface area contributed by atoms with Crippen LogP contribution in [-0.2, 0) is 0 Å². The molecule has 0 bridgehead atoms. The van der Waals surface area contributed by atoms with Crippen molar-refractivity contribution < 1.29 is 0 Å². The molecule has 0 amide bonds. The van der Waals surface area contributed by atoms with Gasteiger partial charge >= 0.3 is 0 Å². The summed E-state index contributed by atoms with van der Waals surface area (Å²) in [5.41, 5.74) is 6.72. The first kappa shape index (κ1) is 10.4. The van der Waals surface area contributed by atoms with Gasteiger partial charge in [0.2, 0.25) is 0 Å². The fourth-order valence-corrected chi connectivity index (χ4v) is 2.40. The number of piperazine rings is 1. The average Bonchev–Trinajstić information content (AvgIpc) is 2.86. The van der Waals surface area contributed by atoms with Gasteiger partial charge in [0.1, 0.15) is 0 Å². The van der Waals surface area contributed by atoms with Crippen LogP contribution < -0.4 is 11.1 Å². The van der Waals surface area contributed by atoms with Crippen LogP contribution in [0.4, 0.5) is 0 Å². The van der Waals surface area contributed by atoms with E-state index in [-0.39, 0.29) is 11.0 Å². The first-order chi connectivity index (χ1) is 6.54. The fraction of sp³-hybridized carbons (Fsp3) is 1.00. The Hall–Kier alpha value is -0.120. The minimum absolute atomic E-state index is 0.137. The van der Waals surface area contributed by atoms with Crippen molar-refractivity contribution in [1.29, 1.82) is 0 Å². The number of nitrogens with two attached hydrogens (primary N) is 1. The normalized spacial score (nSPS) is 27.6.